The van der Waals surface area contributed by atoms with Crippen LogP contribution in [0.2, 0.25) is 0 Å². The minimum absolute atomic E-state index is 0.228. The van der Waals surface area contributed by atoms with Crippen LogP contribution < -0.4 is 16.3 Å². The Hall–Kier alpha value is -3.26. The first-order valence-corrected chi connectivity index (χ1v) is 8.05. The first-order valence-electron chi connectivity index (χ1n) is 7.17. The van der Waals surface area contributed by atoms with Crippen molar-refractivity contribution >= 4 is 44.8 Å². The second-order valence-corrected chi connectivity index (χ2v) is 5.86. The molecule has 0 fully saturated rings. The third kappa shape index (κ3) is 3.08. The first-order chi connectivity index (χ1) is 11.8. The number of H-pyrrole nitrogens is 1. The number of nitrogens with zero attached hydrogens (tertiary/aromatic N) is 3. The van der Waals surface area contributed by atoms with E-state index in [4.69, 9.17) is 0 Å². The summed E-state index contributed by atoms with van der Waals surface area (Å²) in [6.07, 6.45) is 0. The lowest BCUT2D eigenvalue weighted by molar-refractivity contribution is 1.00. The van der Waals surface area contributed by atoms with Gasteiger partial charge in [-0.25, -0.2) is 9.78 Å². The fraction of sp³-hybridized carbons (Fsp3) is 0. The normalized spacial score (nSPS) is 10.7. The molecule has 3 N–H and O–H groups in total. The monoisotopic (exact) mass is 336 g/mol. The zero-order valence-electron chi connectivity index (χ0n) is 12.4. The summed E-state index contributed by atoms with van der Waals surface area (Å²) in [7, 11) is 0. The number of rotatable bonds is 4. The minimum atomic E-state index is -0.482. The Morgan fingerprint density at radius 2 is 1.83 bits per heavy atom. The standard InChI is InChI=1S/C16H12N6OS/c23-16-21-14(18-10-4-2-1-3-5-10)20-15(22-16)19-11-6-7-12-13(8-11)24-9-17-12/h1-9H,(H3,18,19,20,21,22,23). The molecule has 0 aliphatic carbocycles. The Bertz CT molecular complexity index is 1040. The zero-order valence-corrected chi connectivity index (χ0v) is 13.2. The molecule has 7 nitrogen and oxygen atoms in total. The predicted octanol–water partition coefficient (Wildman–Crippen LogP) is 3.26. The summed E-state index contributed by atoms with van der Waals surface area (Å²) in [5.41, 5.74) is 3.87. The number of para-hydroxylation sites is 1. The molecule has 0 bridgehead atoms. The lowest BCUT2D eigenvalue weighted by Crippen LogP contribution is -2.16. The van der Waals surface area contributed by atoms with E-state index in [1.54, 1.807) is 16.8 Å². The third-order valence-electron chi connectivity index (χ3n) is 3.27. The molecule has 0 atom stereocenters. The van der Waals surface area contributed by atoms with Gasteiger partial charge in [-0.2, -0.15) is 9.97 Å². The Morgan fingerprint density at radius 1 is 0.958 bits per heavy atom. The second-order valence-electron chi connectivity index (χ2n) is 4.98. The van der Waals surface area contributed by atoms with Crippen molar-refractivity contribution in [3.63, 3.8) is 0 Å². The number of hydrogen-bond donors (Lipinski definition) is 3. The van der Waals surface area contributed by atoms with Crippen molar-refractivity contribution in [2.75, 3.05) is 10.6 Å². The van der Waals surface area contributed by atoms with Crippen molar-refractivity contribution in [2.45, 2.75) is 0 Å². The number of fused-ring (bicyclic) bond motifs is 1. The van der Waals surface area contributed by atoms with Gasteiger partial charge in [0, 0.05) is 11.4 Å². The average molecular weight is 336 g/mol. The molecule has 118 valence electrons. The molecule has 4 aromatic rings. The smallest absolute Gasteiger partial charge is 0.326 e. The Balaban J connectivity index is 1.61. The summed E-state index contributed by atoms with van der Waals surface area (Å²) in [6, 6.07) is 15.2. The molecule has 0 saturated carbocycles. The molecule has 0 aliphatic rings. The van der Waals surface area contributed by atoms with Crippen molar-refractivity contribution in [1.82, 2.24) is 19.9 Å². The fourth-order valence-electron chi connectivity index (χ4n) is 2.22. The van der Waals surface area contributed by atoms with E-state index in [0.29, 0.717) is 5.95 Å². The summed E-state index contributed by atoms with van der Waals surface area (Å²) in [4.78, 5) is 26.7. The van der Waals surface area contributed by atoms with Gasteiger partial charge in [-0.15, -0.1) is 11.3 Å². The molecule has 0 radical (unpaired) electrons. The van der Waals surface area contributed by atoms with Crippen LogP contribution in [0.3, 0.4) is 0 Å². The molecule has 0 amide bonds. The second kappa shape index (κ2) is 6.09. The fourth-order valence-corrected chi connectivity index (χ4v) is 2.94. The summed E-state index contributed by atoms with van der Waals surface area (Å²) in [6.45, 7) is 0. The van der Waals surface area contributed by atoms with Gasteiger partial charge in [-0.1, -0.05) is 18.2 Å². The van der Waals surface area contributed by atoms with E-state index in [-0.39, 0.29) is 5.95 Å². The van der Waals surface area contributed by atoms with Crippen molar-refractivity contribution in [3.8, 4) is 0 Å². The maximum atomic E-state index is 11.8. The van der Waals surface area contributed by atoms with Crippen molar-refractivity contribution in [3.05, 3.63) is 64.5 Å². The largest absolute Gasteiger partial charge is 0.351 e. The summed E-state index contributed by atoms with van der Waals surface area (Å²) < 4.78 is 1.05. The van der Waals surface area contributed by atoms with E-state index >= 15 is 0 Å². The number of anilines is 4. The van der Waals surface area contributed by atoms with Gasteiger partial charge in [0.25, 0.3) is 0 Å². The van der Waals surface area contributed by atoms with Crippen molar-refractivity contribution < 1.29 is 0 Å². The van der Waals surface area contributed by atoms with Crippen LogP contribution in [0, 0.1) is 0 Å². The van der Waals surface area contributed by atoms with Gasteiger partial charge in [0.2, 0.25) is 11.9 Å². The predicted molar refractivity (Wildman–Crippen MR) is 95.3 cm³/mol. The number of thiazole rings is 1. The topological polar surface area (TPSA) is 95.6 Å². The Morgan fingerprint density at radius 3 is 2.71 bits per heavy atom. The highest BCUT2D eigenvalue weighted by molar-refractivity contribution is 7.16. The highest BCUT2D eigenvalue weighted by Gasteiger charge is 2.05. The van der Waals surface area contributed by atoms with Gasteiger partial charge >= 0.3 is 5.69 Å². The summed E-state index contributed by atoms with van der Waals surface area (Å²) in [5, 5.41) is 6.09. The van der Waals surface area contributed by atoms with Crippen LogP contribution in [0.4, 0.5) is 23.3 Å². The molecule has 0 unspecified atom stereocenters. The molecular formula is C16H12N6OS. The van der Waals surface area contributed by atoms with Gasteiger partial charge in [-0.3, -0.25) is 4.98 Å². The van der Waals surface area contributed by atoms with Crippen LogP contribution in [0.25, 0.3) is 10.2 Å². The van der Waals surface area contributed by atoms with Crippen LogP contribution in [0.15, 0.2) is 58.8 Å². The quantitative estimate of drug-likeness (QED) is 0.529. The Labute approximate surface area is 140 Å². The van der Waals surface area contributed by atoms with Crippen molar-refractivity contribution in [1.29, 1.82) is 0 Å². The molecule has 0 spiro atoms. The highest BCUT2D eigenvalue weighted by Crippen LogP contribution is 2.23. The van der Waals surface area contributed by atoms with Crippen molar-refractivity contribution in [2.24, 2.45) is 0 Å². The molecule has 8 heteroatoms. The number of aromatic nitrogens is 4. The molecule has 0 aliphatic heterocycles. The highest BCUT2D eigenvalue weighted by atomic mass is 32.1. The van der Waals surface area contributed by atoms with E-state index < -0.39 is 5.69 Å². The number of aromatic amines is 1. The third-order valence-corrected chi connectivity index (χ3v) is 4.07. The Kier molecular flexibility index (Phi) is 3.64. The molecule has 24 heavy (non-hydrogen) atoms. The number of benzene rings is 2. The summed E-state index contributed by atoms with van der Waals surface area (Å²) >= 11 is 1.55. The van der Waals surface area contributed by atoms with E-state index in [1.165, 1.54) is 0 Å². The SMILES string of the molecule is O=c1nc(Nc2ccccc2)nc(Nc2ccc3ncsc3c2)[nH]1. The maximum absolute atomic E-state index is 11.8. The van der Waals surface area contributed by atoms with E-state index in [1.807, 2.05) is 48.5 Å². The lowest BCUT2D eigenvalue weighted by atomic mass is 10.3. The molecule has 2 aromatic carbocycles. The zero-order chi connectivity index (χ0) is 16.4. The van der Waals surface area contributed by atoms with E-state index in [9.17, 15) is 4.79 Å². The minimum Gasteiger partial charge on any atom is -0.326 e. The van der Waals surface area contributed by atoms with Crippen LogP contribution in [-0.4, -0.2) is 19.9 Å². The van der Waals surface area contributed by atoms with E-state index in [0.717, 1.165) is 21.6 Å². The lowest BCUT2D eigenvalue weighted by Gasteiger charge is -2.08. The van der Waals surface area contributed by atoms with Gasteiger partial charge in [0.1, 0.15) is 0 Å². The number of hydrogen-bond acceptors (Lipinski definition) is 7. The van der Waals surface area contributed by atoms with E-state index in [2.05, 4.69) is 30.6 Å². The molecular weight excluding hydrogens is 324 g/mol. The first kappa shape index (κ1) is 14.3. The maximum Gasteiger partial charge on any atom is 0.351 e. The van der Waals surface area contributed by atoms with Gasteiger partial charge < -0.3 is 10.6 Å². The average Bonchev–Trinajstić information content (AvgIpc) is 3.03. The molecule has 2 aromatic heterocycles. The van der Waals surface area contributed by atoms with Crippen LogP contribution >= 0.6 is 11.3 Å². The van der Waals surface area contributed by atoms with Crippen LogP contribution in [-0.2, 0) is 0 Å². The van der Waals surface area contributed by atoms with Gasteiger partial charge in [0.15, 0.2) is 0 Å². The van der Waals surface area contributed by atoms with Crippen LogP contribution in [0.1, 0.15) is 0 Å². The van der Waals surface area contributed by atoms with Gasteiger partial charge in [-0.05, 0) is 30.3 Å². The van der Waals surface area contributed by atoms with Gasteiger partial charge in [0.05, 0.1) is 15.7 Å². The number of nitrogens with one attached hydrogen (secondary N) is 3. The summed E-state index contributed by atoms with van der Waals surface area (Å²) in [5.74, 6) is 0.545. The van der Waals surface area contributed by atoms with Crippen LogP contribution in [0.5, 0.6) is 0 Å². The molecule has 2 heterocycles. The molecule has 4 rings (SSSR count). The molecule has 0 saturated heterocycles.